The van der Waals surface area contributed by atoms with Gasteiger partial charge in [-0.15, -0.1) is 24.8 Å². The molecule has 1 amide bonds. The van der Waals surface area contributed by atoms with E-state index in [1.54, 1.807) is 7.11 Å². The Balaban J connectivity index is 0.00000220. The van der Waals surface area contributed by atoms with Crippen LogP contribution in [0.25, 0.3) is 0 Å². The molecule has 0 aliphatic carbocycles. The van der Waals surface area contributed by atoms with E-state index in [9.17, 15) is 4.79 Å². The molecule has 1 aromatic rings. The summed E-state index contributed by atoms with van der Waals surface area (Å²) in [6.07, 6.45) is 3.87. The van der Waals surface area contributed by atoms with Crippen LogP contribution in [0.5, 0.6) is 0 Å². The number of amides is 1. The second kappa shape index (κ2) is 10.8. The van der Waals surface area contributed by atoms with Crippen LogP contribution in [0.15, 0.2) is 12.3 Å². The number of nitrogens with zero attached hydrogens (tertiary/aromatic N) is 3. The number of aryl methyl sites for hydroxylation is 1. The van der Waals surface area contributed by atoms with Gasteiger partial charge in [-0.05, 0) is 18.9 Å². The van der Waals surface area contributed by atoms with Crippen molar-refractivity contribution in [2.24, 2.45) is 7.05 Å². The lowest BCUT2D eigenvalue weighted by atomic mass is 9.93. The van der Waals surface area contributed by atoms with Crippen molar-refractivity contribution in [1.82, 2.24) is 20.0 Å². The van der Waals surface area contributed by atoms with Gasteiger partial charge in [0, 0.05) is 51.6 Å². The number of likely N-dealkylation sites (tertiary alicyclic amines) is 1. The topological polar surface area (TPSA) is 59.4 Å². The smallest absolute Gasteiger partial charge is 0.236 e. The van der Waals surface area contributed by atoms with E-state index in [0.29, 0.717) is 25.6 Å². The Morgan fingerprint density at radius 3 is 2.64 bits per heavy atom. The Hall–Kier alpha value is -0.820. The zero-order valence-corrected chi connectivity index (χ0v) is 14.8. The molecule has 0 saturated carbocycles. The van der Waals surface area contributed by atoms with Gasteiger partial charge in [0.15, 0.2) is 0 Å². The van der Waals surface area contributed by atoms with Gasteiger partial charge in [0.25, 0.3) is 0 Å². The normalized spacial score (nSPS) is 15.1. The minimum atomic E-state index is 0. The molecule has 0 atom stereocenters. The van der Waals surface area contributed by atoms with Gasteiger partial charge in [0.1, 0.15) is 0 Å². The number of carbonyl (C=O) groups is 1. The number of aromatic nitrogens is 2. The van der Waals surface area contributed by atoms with Crippen molar-refractivity contribution in [2.75, 3.05) is 39.9 Å². The van der Waals surface area contributed by atoms with E-state index >= 15 is 0 Å². The second-order valence-corrected chi connectivity index (χ2v) is 5.20. The van der Waals surface area contributed by atoms with Crippen LogP contribution in [0.2, 0.25) is 0 Å². The van der Waals surface area contributed by atoms with Crippen molar-refractivity contribution in [3.8, 4) is 0 Å². The van der Waals surface area contributed by atoms with E-state index in [2.05, 4.69) is 16.5 Å². The van der Waals surface area contributed by atoms with E-state index in [1.165, 1.54) is 5.69 Å². The molecule has 0 bridgehead atoms. The lowest BCUT2D eigenvalue weighted by molar-refractivity contribution is -0.131. The Labute approximate surface area is 144 Å². The molecule has 1 aliphatic rings. The van der Waals surface area contributed by atoms with E-state index < -0.39 is 0 Å². The van der Waals surface area contributed by atoms with Gasteiger partial charge < -0.3 is 15.0 Å². The molecule has 6 nitrogen and oxygen atoms in total. The Morgan fingerprint density at radius 1 is 1.41 bits per heavy atom. The number of hydrogen-bond donors (Lipinski definition) is 1. The summed E-state index contributed by atoms with van der Waals surface area (Å²) in [5.74, 6) is 0.706. The van der Waals surface area contributed by atoms with Crippen molar-refractivity contribution >= 4 is 30.7 Å². The highest BCUT2D eigenvalue weighted by atomic mass is 35.5. The van der Waals surface area contributed by atoms with E-state index in [0.717, 1.165) is 25.9 Å². The summed E-state index contributed by atoms with van der Waals surface area (Å²) in [6.45, 7) is 3.42. The fourth-order valence-corrected chi connectivity index (χ4v) is 2.69. The molecule has 0 aromatic carbocycles. The molecule has 128 valence electrons. The van der Waals surface area contributed by atoms with Gasteiger partial charge in [-0.3, -0.25) is 9.48 Å². The summed E-state index contributed by atoms with van der Waals surface area (Å²) in [5.41, 5.74) is 1.27. The van der Waals surface area contributed by atoms with Crippen LogP contribution in [0.4, 0.5) is 0 Å². The fraction of sp³-hybridized carbons (Fsp3) is 0.714. The third-order valence-corrected chi connectivity index (χ3v) is 3.88. The first-order chi connectivity index (χ1) is 9.72. The van der Waals surface area contributed by atoms with Crippen LogP contribution in [0.3, 0.4) is 0 Å². The van der Waals surface area contributed by atoms with Crippen LogP contribution in [0.1, 0.15) is 24.5 Å². The number of rotatable bonds is 6. The number of hydrogen-bond acceptors (Lipinski definition) is 4. The number of carbonyl (C=O) groups excluding carboxylic acids is 1. The highest BCUT2D eigenvalue weighted by Crippen LogP contribution is 2.27. The van der Waals surface area contributed by atoms with Gasteiger partial charge in [-0.25, -0.2) is 0 Å². The number of halogens is 2. The zero-order chi connectivity index (χ0) is 14.4. The van der Waals surface area contributed by atoms with Crippen LogP contribution < -0.4 is 5.32 Å². The van der Waals surface area contributed by atoms with Crippen LogP contribution in [-0.4, -0.2) is 60.5 Å². The molecular weight excluding hydrogens is 327 g/mol. The number of piperidine rings is 1. The summed E-state index contributed by atoms with van der Waals surface area (Å²) in [5, 5.41) is 7.32. The Kier molecular flexibility index (Phi) is 10.4. The van der Waals surface area contributed by atoms with Crippen molar-refractivity contribution in [2.45, 2.75) is 18.8 Å². The molecule has 2 rings (SSSR count). The van der Waals surface area contributed by atoms with Crippen LogP contribution in [0, 0.1) is 0 Å². The van der Waals surface area contributed by atoms with Crippen molar-refractivity contribution in [3.63, 3.8) is 0 Å². The molecule has 1 fully saturated rings. The average molecular weight is 353 g/mol. The maximum Gasteiger partial charge on any atom is 0.236 e. The van der Waals surface area contributed by atoms with Crippen LogP contribution >= 0.6 is 24.8 Å². The number of methoxy groups -OCH3 is 1. The summed E-state index contributed by atoms with van der Waals surface area (Å²) >= 11 is 0. The van der Waals surface area contributed by atoms with Gasteiger partial charge in [-0.1, -0.05) is 0 Å². The predicted octanol–water partition coefficient (Wildman–Crippen LogP) is 1.21. The van der Waals surface area contributed by atoms with Crippen molar-refractivity contribution in [3.05, 3.63) is 18.0 Å². The maximum atomic E-state index is 12.0. The van der Waals surface area contributed by atoms with E-state index in [-0.39, 0.29) is 30.7 Å². The first-order valence-electron chi connectivity index (χ1n) is 7.17. The summed E-state index contributed by atoms with van der Waals surface area (Å²) in [6, 6.07) is 2.08. The zero-order valence-electron chi connectivity index (χ0n) is 13.2. The first kappa shape index (κ1) is 21.2. The Morgan fingerprint density at radius 2 is 2.09 bits per heavy atom. The number of nitrogens with one attached hydrogen (secondary N) is 1. The Bertz CT molecular complexity index is 434. The van der Waals surface area contributed by atoms with Crippen LogP contribution in [-0.2, 0) is 16.6 Å². The monoisotopic (exact) mass is 352 g/mol. The van der Waals surface area contributed by atoms with Gasteiger partial charge in [-0.2, -0.15) is 5.10 Å². The number of ether oxygens (including phenoxy) is 1. The molecule has 0 radical (unpaired) electrons. The highest BCUT2D eigenvalue weighted by Gasteiger charge is 2.24. The summed E-state index contributed by atoms with van der Waals surface area (Å²) in [4.78, 5) is 14.0. The minimum Gasteiger partial charge on any atom is -0.383 e. The molecule has 2 heterocycles. The second-order valence-electron chi connectivity index (χ2n) is 5.20. The summed E-state index contributed by atoms with van der Waals surface area (Å²) in [7, 11) is 3.64. The molecule has 8 heteroatoms. The minimum absolute atomic E-state index is 0. The standard InChI is InChI=1S/C14H24N4O2.2ClH/c1-17-13(3-6-16-17)12-4-8-18(9-5-12)14(19)11-15-7-10-20-2;;/h3,6,12,15H,4-5,7-11H2,1-2H3;2*1H. The van der Waals surface area contributed by atoms with Crippen molar-refractivity contribution < 1.29 is 9.53 Å². The molecule has 1 aromatic heterocycles. The maximum absolute atomic E-state index is 12.0. The first-order valence-corrected chi connectivity index (χ1v) is 7.17. The van der Waals surface area contributed by atoms with Gasteiger partial charge in [0.2, 0.25) is 5.91 Å². The fourth-order valence-electron chi connectivity index (χ4n) is 2.69. The molecule has 1 saturated heterocycles. The third-order valence-electron chi connectivity index (χ3n) is 3.88. The molecular formula is C14H26Cl2N4O2. The lowest BCUT2D eigenvalue weighted by Gasteiger charge is -2.32. The predicted molar refractivity (Wildman–Crippen MR) is 91.0 cm³/mol. The average Bonchev–Trinajstić information content (AvgIpc) is 2.90. The van der Waals surface area contributed by atoms with E-state index in [4.69, 9.17) is 4.74 Å². The van der Waals surface area contributed by atoms with Gasteiger partial charge >= 0.3 is 0 Å². The molecule has 0 unspecified atom stereocenters. The van der Waals surface area contributed by atoms with Crippen molar-refractivity contribution in [1.29, 1.82) is 0 Å². The van der Waals surface area contributed by atoms with E-state index in [1.807, 2.05) is 22.8 Å². The van der Waals surface area contributed by atoms with Gasteiger partial charge in [0.05, 0.1) is 13.2 Å². The largest absolute Gasteiger partial charge is 0.383 e. The molecule has 1 N–H and O–H groups in total. The molecule has 0 spiro atoms. The quantitative estimate of drug-likeness (QED) is 0.781. The summed E-state index contributed by atoms with van der Waals surface area (Å²) < 4.78 is 6.88. The molecule has 22 heavy (non-hydrogen) atoms. The highest BCUT2D eigenvalue weighted by molar-refractivity contribution is 5.85. The molecule has 1 aliphatic heterocycles. The lowest BCUT2D eigenvalue weighted by Crippen LogP contribution is -2.43. The third kappa shape index (κ3) is 5.76. The SMILES string of the molecule is COCCNCC(=O)N1CCC(c2ccnn2C)CC1.Cl.Cl.